The van der Waals surface area contributed by atoms with E-state index in [0.717, 1.165) is 5.56 Å². The minimum absolute atomic E-state index is 0.251. The Morgan fingerprint density at radius 3 is 2.35 bits per heavy atom. The van der Waals surface area contributed by atoms with Gasteiger partial charge in [0.15, 0.2) is 6.61 Å². The van der Waals surface area contributed by atoms with Crippen molar-refractivity contribution < 1.29 is 19.1 Å². The number of hydrogen-bond donors (Lipinski definition) is 1. The quantitative estimate of drug-likeness (QED) is 0.798. The van der Waals surface area contributed by atoms with Gasteiger partial charge in [0.25, 0.3) is 5.91 Å². The summed E-state index contributed by atoms with van der Waals surface area (Å²) in [5.74, 6) is -0.0566. The van der Waals surface area contributed by atoms with Crippen LogP contribution in [0.5, 0.6) is 5.75 Å². The zero-order valence-corrected chi connectivity index (χ0v) is 13.0. The second kappa shape index (κ2) is 8.58. The van der Waals surface area contributed by atoms with Crippen LogP contribution in [0.1, 0.15) is 18.9 Å². The van der Waals surface area contributed by atoms with Crippen molar-refractivity contribution in [2.45, 2.75) is 20.0 Å². The largest absolute Gasteiger partial charge is 0.489 e. The van der Waals surface area contributed by atoms with E-state index in [1.54, 1.807) is 31.2 Å². The average molecular weight is 313 g/mol. The van der Waals surface area contributed by atoms with Crippen molar-refractivity contribution in [1.82, 2.24) is 0 Å². The zero-order valence-electron chi connectivity index (χ0n) is 13.0. The summed E-state index contributed by atoms with van der Waals surface area (Å²) < 4.78 is 10.4. The number of ether oxygens (including phenoxy) is 2. The van der Waals surface area contributed by atoms with Crippen LogP contribution in [-0.4, -0.2) is 18.5 Å². The van der Waals surface area contributed by atoms with Crippen molar-refractivity contribution in [3.8, 4) is 5.75 Å². The Hall–Kier alpha value is -2.82. The van der Waals surface area contributed by atoms with E-state index in [4.69, 9.17) is 9.47 Å². The summed E-state index contributed by atoms with van der Waals surface area (Å²) in [6.07, 6.45) is 0.251. The van der Waals surface area contributed by atoms with Crippen LogP contribution in [0.3, 0.4) is 0 Å². The maximum atomic E-state index is 11.6. The summed E-state index contributed by atoms with van der Waals surface area (Å²) in [7, 11) is 0. The number of rotatable bonds is 7. The molecule has 0 aromatic heterocycles. The predicted octanol–water partition coefficient (Wildman–Crippen LogP) is 3.16. The highest BCUT2D eigenvalue weighted by Gasteiger charge is 2.06. The van der Waals surface area contributed by atoms with Crippen molar-refractivity contribution in [2.75, 3.05) is 11.9 Å². The lowest BCUT2D eigenvalue weighted by Crippen LogP contribution is -2.20. The first-order valence-corrected chi connectivity index (χ1v) is 7.39. The van der Waals surface area contributed by atoms with Crippen molar-refractivity contribution in [1.29, 1.82) is 0 Å². The van der Waals surface area contributed by atoms with E-state index < -0.39 is 5.97 Å². The van der Waals surface area contributed by atoms with Crippen LogP contribution in [0.15, 0.2) is 54.6 Å². The molecule has 0 atom stereocenters. The normalized spacial score (nSPS) is 9.96. The molecule has 2 rings (SSSR count). The SMILES string of the molecule is CCC(=O)OCC(=O)Nc1ccc(OCc2ccccc2)cc1. The third kappa shape index (κ3) is 5.82. The molecule has 0 saturated heterocycles. The fraction of sp³-hybridized carbons (Fsp3) is 0.222. The van der Waals surface area contributed by atoms with Crippen molar-refractivity contribution >= 4 is 17.6 Å². The molecule has 1 amide bonds. The van der Waals surface area contributed by atoms with Gasteiger partial charge in [-0.2, -0.15) is 0 Å². The highest BCUT2D eigenvalue weighted by Crippen LogP contribution is 2.17. The van der Waals surface area contributed by atoms with Gasteiger partial charge < -0.3 is 14.8 Å². The van der Waals surface area contributed by atoms with Crippen LogP contribution < -0.4 is 10.1 Å². The number of amides is 1. The van der Waals surface area contributed by atoms with E-state index in [-0.39, 0.29) is 18.9 Å². The molecule has 2 aromatic rings. The minimum atomic E-state index is -0.398. The molecule has 1 N–H and O–H groups in total. The molecule has 0 heterocycles. The number of anilines is 1. The average Bonchev–Trinajstić information content (AvgIpc) is 2.60. The topological polar surface area (TPSA) is 64.6 Å². The third-order valence-electron chi connectivity index (χ3n) is 3.04. The van der Waals surface area contributed by atoms with Crippen LogP contribution in [0, 0.1) is 0 Å². The Kier molecular flexibility index (Phi) is 6.17. The fourth-order valence-electron chi connectivity index (χ4n) is 1.82. The third-order valence-corrected chi connectivity index (χ3v) is 3.04. The van der Waals surface area contributed by atoms with Crippen LogP contribution in [0.25, 0.3) is 0 Å². The Balaban J connectivity index is 1.80. The van der Waals surface area contributed by atoms with Crippen molar-refractivity contribution in [3.05, 3.63) is 60.2 Å². The van der Waals surface area contributed by atoms with Gasteiger partial charge in [0, 0.05) is 12.1 Å². The van der Waals surface area contributed by atoms with Gasteiger partial charge in [0.1, 0.15) is 12.4 Å². The van der Waals surface area contributed by atoms with E-state index in [1.807, 2.05) is 30.3 Å². The van der Waals surface area contributed by atoms with Crippen LogP contribution in [0.4, 0.5) is 5.69 Å². The van der Waals surface area contributed by atoms with Crippen LogP contribution in [-0.2, 0) is 20.9 Å². The summed E-state index contributed by atoms with van der Waals surface area (Å²) in [6, 6.07) is 16.9. The lowest BCUT2D eigenvalue weighted by atomic mass is 10.2. The second-order valence-corrected chi connectivity index (χ2v) is 4.86. The summed E-state index contributed by atoms with van der Waals surface area (Å²) in [5, 5.41) is 2.65. The smallest absolute Gasteiger partial charge is 0.306 e. The molecule has 2 aromatic carbocycles. The first-order valence-electron chi connectivity index (χ1n) is 7.39. The Morgan fingerprint density at radius 2 is 1.70 bits per heavy atom. The second-order valence-electron chi connectivity index (χ2n) is 4.86. The molecule has 0 aliphatic carbocycles. The molecule has 0 aliphatic heterocycles. The number of nitrogens with one attached hydrogen (secondary N) is 1. The maximum absolute atomic E-state index is 11.6. The predicted molar refractivity (Wildman–Crippen MR) is 87.1 cm³/mol. The molecule has 0 bridgehead atoms. The van der Waals surface area contributed by atoms with Gasteiger partial charge in [0.05, 0.1) is 0 Å². The van der Waals surface area contributed by atoms with E-state index in [9.17, 15) is 9.59 Å². The fourth-order valence-corrected chi connectivity index (χ4v) is 1.82. The van der Waals surface area contributed by atoms with E-state index in [2.05, 4.69) is 5.32 Å². The molecule has 0 aliphatic rings. The molecule has 0 fully saturated rings. The maximum Gasteiger partial charge on any atom is 0.306 e. The van der Waals surface area contributed by atoms with E-state index >= 15 is 0 Å². The molecular formula is C18H19NO4. The van der Waals surface area contributed by atoms with Crippen LogP contribution >= 0.6 is 0 Å². The number of carbonyl (C=O) groups excluding carboxylic acids is 2. The lowest BCUT2D eigenvalue weighted by Gasteiger charge is -2.08. The van der Waals surface area contributed by atoms with E-state index in [1.165, 1.54) is 0 Å². The van der Waals surface area contributed by atoms with Crippen LogP contribution in [0.2, 0.25) is 0 Å². The van der Waals surface area contributed by atoms with Crippen molar-refractivity contribution in [2.24, 2.45) is 0 Å². The molecule has 5 heteroatoms. The van der Waals surface area contributed by atoms with E-state index in [0.29, 0.717) is 18.0 Å². The lowest BCUT2D eigenvalue weighted by molar-refractivity contribution is -0.146. The summed E-state index contributed by atoms with van der Waals surface area (Å²) in [5.41, 5.74) is 1.71. The summed E-state index contributed by atoms with van der Waals surface area (Å²) in [4.78, 5) is 22.6. The molecule has 5 nitrogen and oxygen atoms in total. The number of esters is 1. The Labute approximate surface area is 135 Å². The minimum Gasteiger partial charge on any atom is -0.489 e. The Bertz CT molecular complexity index is 638. The van der Waals surface area contributed by atoms with Gasteiger partial charge in [-0.15, -0.1) is 0 Å². The molecule has 23 heavy (non-hydrogen) atoms. The van der Waals surface area contributed by atoms with Gasteiger partial charge in [-0.1, -0.05) is 37.3 Å². The summed E-state index contributed by atoms with van der Waals surface area (Å²) >= 11 is 0. The number of hydrogen-bond acceptors (Lipinski definition) is 4. The highest BCUT2D eigenvalue weighted by atomic mass is 16.5. The molecular weight excluding hydrogens is 294 g/mol. The molecule has 0 unspecified atom stereocenters. The molecule has 120 valence electrons. The Morgan fingerprint density at radius 1 is 1.00 bits per heavy atom. The van der Waals surface area contributed by atoms with Gasteiger partial charge in [-0.05, 0) is 29.8 Å². The van der Waals surface area contributed by atoms with Gasteiger partial charge in [-0.25, -0.2) is 0 Å². The number of benzene rings is 2. The highest BCUT2D eigenvalue weighted by molar-refractivity contribution is 5.92. The molecule has 0 radical (unpaired) electrons. The number of carbonyl (C=O) groups is 2. The summed E-state index contributed by atoms with van der Waals surface area (Å²) in [6.45, 7) is 1.88. The molecule has 0 spiro atoms. The monoisotopic (exact) mass is 313 g/mol. The standard InChI is InChI=1S/C18H19NO4/c1-2-18(21)23-13-17(20)19-15-8-10-16(11-9-15)22-12-14-6-4-3-5-7-14/h3-11H,2,12-13H2,1H3,(H,19,20). The first kappa shape index (κ1) is 16.5. The zero-order chi connectivity index (χ0) is 16.5. The van der Waals surface area contributed by atoms with Gasteiger partial charge >= 0.3 is 5.97 Å². The van der Waals surface area contributed by atoms with Gasteiger partial charge in [-0.3, -0.25) is 9.59 Å². The first-order chi connectivity index (χ1) is 11.2. The van der Waals surface area contributed by atoms with Gasteiger partial charge in [0.2, 0.25) is 0 Å². The molecule has 0 saturated carbocycles. The van der Waals surface area contributed by atoms with Crippen molar-refractivity contribution in [3.63, 3.8) is 0 Å².